The first-order chi connectivity index (χ1) is 14.2. The van der Waals surface area contributed by atoms with Crippen molar-refractivity contribution < 1.29 is 14.3 Å². The summed E-state index contributed by atoms with van der Waals surface area (Å²) >= 11 is 0. The highest BCUT2D eigenvalue weighted by atomic mass is 127. The van der Waals surface area contributed by atoms with Gasteiger partial charge in [-0.05, 0) is 25.8 Å². The van der Waals surface area contributed by atoms with Crippen LogP contribution in [0.5, 0.6) is 0 Å². The monoisotopic (exact) mass is 532 g/mol. The summed E-state index contributed by atoms with van der Waals surface area (Å²) in [5.41, 5.74) is 1.13. The van der Waals surface area contributed by atoms with Crippen LogP contribution in [-0.4, -0.2) is 81.0 Å². The van der Waals surface area contributed by atoms with Crippen molar-refractivity contribution in [3.63, 3.8) is 0 Å². The molecule has 0 aliphatic carbocycles. The summed E-state index contributed by atoms with van der Waals surface area (Å²) in [6.45, 7) is 7.44. The third-order valence-corrected chi connectivity index (χ3v) is 5.21. The van der Waals surface area contributed by atoms with E-state index in [1.165, 1.54) is 0 Å². The van der Waals surface area contributed by atoms with Gasteiger partial charge in [-0.25, -0.2) is 9.78 Å². The Labute approximate surface area is 195 Å². The number of pyridine rings is 1. The highest BCUT2D eigenvalue weighted by molar-refractivity contribution is 14.0. The van der Waals surface area contributed by atoms with Gasteiger partial charge in [0.15, 0.2) is 5.96 Å². The minimum Gasteiger partial charge on any atom is -0.450 e. The number of carbonyl (C=O) groups is 1. The van der Waals surface area contributed by atoms with Crippen LogP contribution < -0.4 is 15.5 Å². The van der Waals surface area contributed by atoms with Gasteiger partial charge in [0, 0.05) is 57.6 Å². The first kappa shape index (κ1) is 24.4. The van der Waals surface area contributed by atoms with Crippen LogP contribution in [0.2, 0.25) is 0 Å². The summed E-state index contributed by atoms with van der Waals surface area (Å²) in [6, 6.07) is 4.33. The van der Waals surface area contributed by atoms with E-state index in [2.05, 4.69) is 31.6 Å². The molecule has 0 aromatic carbocycles. The molecule has 2 aliphatic rings. The summed E-state index contributed by atoms with van der Waals surface area (Å²) in [5, 5.41) is 6.87. The topological polar surface area (TPSA) is 91.3 Å². The predicted octanol–water partition coefficient (Wildman–Crippen LogP) is 1.82. The highest BCUT2D eigenvalue weighted by Crippen LogP contribution is 2.18. The lowest BCUT2D eigenvalue weighted by molar-refractivity contribution is 0.0963. The van der Waals surface area contributed by atoms with E-state index < -0.39 is 0 Å². The molecule has 1 amide bonds. The second kappa shape index (κ2) is 12.8. The summed E-state index contributed by atoms with van der Waals surface area (Å²) in [6.07, 6.45) is 3.34. The maximum Gasteiger partial charge on any atom is 0.409 e. The van der Waals surface area contributed by atoms with Crippen molar-refractivity contribution in [1.29, 1.82) is 0 Å². The Morgan fingerprint density at radius 2 is 2.03 bits per heavy atom. The summed E-state index contributed by atoms with van der Waals surface area (Å²) in [4.78, 5) is 24.8. The number of nitrogens with one attached hydrogen (secondary N) is 2. The molecule has 0 bridgehead atoms. The molecule has 2 fully saturated rings. The van der Waals surface area contributed by atoms with Gasteiger partial charge in [0.05, 0.1) is 19.8 Å². The molecule has 10 heteroatoms. The predicted molar refractivity (Wildman–Crippen MR) is 128 cm³/mol. The third kappa shape index (κ3) is 6.86. The molecule has 168 valence electrons. The van der Waals surface area contributed by atoms with Gasteiger partial charge in [0.25, 0.3) is 0 Å². The Kier molecular flexibility index (Phi) is 10.4. The summed E-state index contributed by atoms with van der Waals surface area (Å²) in [7, 11) is 1.77. The molecule has 1 aromatic rings. The first-order valence-corrected chi connectivity index (χ1v) is 10.4. The van der Waals surface area contributed by atoms with Gasteiger partial charge in [-0.2, -0.15) is 0 Å². The zero-order valence-corrected chi connectivity index (χ0v) is 20.1. The van der Waals surface area contributed by atoms with E-state index in [1.54, 1.807) is 11.9 Å². The number of nitrogens with zero attached hydrogens (tertiary/aromatic N) is 4. The minimum absolute atomic E-state index is 0. The lowest BCUT2D eigenvalue weighted by atomic mass is 10.1. The molecule has 3 rings (SSSR count). The molecule has 3 heterocycles. The van der Waals surface area contributed by atoms with Crippen LogP contribution in [0, 0.1) is 0 Å². The van der Waals surface area contributed by atoms with Gasteiger partial charge in [0.1, 0.15) is 5.82 Å². The zero-order valence-electron chi connectivity index (χ0n) is 17.8. The molecule has 0 saturated carbocycles. The fourth-order valence-electron chi connectivity index (χ4n) is 3.62. The number of halogens is 1. The van der Waals surface area contributed by atoms with Crippen molar-refractivity contribution in [2.75, 3.05) is 57.9 Å². The Morgan fingerprint density at radius 1 is 1.30 bits per heavy atom. The molecular weight excluding hydrogens is 499 g/mol. The molecule has 0 radical (unpaired) electrons. The van der Waals surface area contributed by atoms with E-state index in [4.69, 9.17) is 9.47 Å². The molecule has 0 unspecified atom stereocenters. The lowest BCUT2D eigenvalue weighted by Gasteiger charge is -2.32. The fraction of sp³-hybridized carbons (Fsp3) is 0.650. The number of ether oxygens (including phenoxy) is 2. The van der Waals surface area contributed by atoms with Gasteiger partial charge < -0.3 is 29.9 Å². The number of anilines is 1. The Morgan fingerprint density at radius 3 is 2.70 bits per heavy atom. The van der Waals surface area contributed by atoms with Gasteiger partial charge in [0.2, 0.25) is 0 Å². The number of aromatic nitrogens is 1. The summed E-state index contributed by atoms with van der Waals surface area (Å²) in [5.74, 6) is 1.76. The van der Waals surface area contributed by atoms with Crippen molar-refractivity contribution in [1.82, 2.24) is 20.5 Å². The summed E-state index contributed by atoms with van der Waals surface area (Å²) < 4.78 is 10.5. The zero-order chi connectivity index (χ0) is 20.5. The van der Waals surface area contributed by atoms with Crippen molar-refractivity contribution in [2.24, 2.45) is 4.99 Å². The van der Waals surface area contributed by atoms with Crippen molar-refractivity contribution in [3.05, 3.63) is 23.9 Å². The van der Waals surface area contributed by atoms with Crippen LogP contribution in [0.3, 0.4) is 0 Å². The number of rotatable bonds is 5. The van der Waals surface area contributed by atoms with Gasteiger partial charge in [-0.1, -0.05) is 6.07 Å². The lowest BCUT2D eigenvalue weighted by Crippen LogP contribution is -2.49. The second-order valence-electron chi connectivity index (χ2n) is 7.12. The van der Waals surface area contributed by atoms with Crippen LogP contribution in [0.4, 0.5) is 10.6 Å². The number of aliphatic imine (C=N–C) groups is 1. The van der Waals surface area contributed by atoms with Crippen LogP contribution in [0.25, 0.3) is 0 Å². The minimum atomic E-state index is -0.222. The molecular formula is C20H33IN6O3. The van der Waals surface area contributed by atoms with Crippen LogP contribution in [0.1, 0.15) is 25.3 Å². The van der Waals surface area contributed by atoms with E-state index in [0.717, 1.165) is 56.5 Å². The van der Waals surface area contributed by atoms with E-state index in [-0.39, 0.29) is 36.1 Å². The quantitative estimate of drug-likeness (QED) is 0.340. The Hall–Kier alpha value is -1.82. The SMILES string of the molecule is CCOC(=O)N1CCC(NC(=NC)NCc2cccnc2N2CCOCC2)CC1.I. The molecule has 0 atom stereocenters. The molecule has 0 spiro atoms. The molecule has 2 N–H and O–H groups in total. The maximum atomic E-state index is 11.8. The van der Waals surface area contributed by atoms with Gasteiger partial charge >= 0.3 is 6.09 Å². The first-order valence-electron chi connectivity index (χ1n) is 10.4. The van der Waals surface area contributed by atoms with Crippen molar-refractivity contribution >= 4 is 41.8 Å². The number of guanidine groups is 1. The van der Waals surface area contributed by atoms with Crippen LogP contribution in [-0.2, 0) is 16.0 Å². The number of likely N-dealkylation sites (tertiary alicyclic amines) is 1. The molecule has 2 saturated heterocycles. The van der Waals surface area contributed by atoms with Crippen LogP contribution >= 0.6 is 24.0 Å². The second-order valence-corrected chi connectivity index (χ2v) is 7.12. The highest BCUT2D eigenvalue weighted by Gasteiger charge is 2.24. The molecule has 2 aliphatic heterocycles. The molecule has 9 nitrogen and oxygen atoms in total. The Balaban J connectivity index is 0.00000320. The standard InChI is InChI=1S/C20H32N6O3.HI/c1-3-29-20(27)26-9-6-17(7-10-26)24-19(21-2)23-15-16-5-4-8-22-18(16)25-11-13-28-14-12-25;/h4-5,8,17H,3,6-7,9-15H2,1-2H3,(H2,21,23,24);1H. The fourth-order valence-corrected chi connectivity index (χ4v) is 3.62. The third-order valence-electron chi connectivity index (χ3n) is 5.21. The average molecular weight is 532 g/mol. The van der Waals surface area contributed by atoms with Crippen molar-refractivity contribution in [3.8, 4) is 0 Å². The van der Waals surface area contributed by atoms with Crippen LogP contribution in [0.15, 0.2) is 23.3 Å². The normalized spacial score (nSPS) is 17.9. The van der Waals surface area contributed by atoms with Crippen molar-refractivity contribution in [2.45, 2.75) is 32.4 Å². The maximum absolute atomic E-state index is 11.8. The number of morpholine rings is 1. The number of amides is 1. The Bertz CT molecular complexity index is 691. The smallest absolute Gasteiger partial charge is 0.409 e. The van der Waals surface area contributed by atoms with Gasteiger partial charge in [-0.3, -0.25) is 4.99 Å². The van der Waals surface area contributed by atoms with Gasteiger partial charge in [-0.15, -0.1) is 24.0 Å². The van der Waals surface area contributed by atoms with E-state index >= 15 is 0 Å². The number of hydrogen-bond donors (Lipinski definition) is 2. The van der Waals surface area contributed by atoms with E-state index in [1.807, 2.05) is 19.2 Å². The molecule has 30 heavy (non-hydrogen) atoms. The number of piperidine rings is 1. The average Bonchev–Trinajstić information content (AvgIpc) is 2.78. The number of carbonyl (C=O) groups excluding carboxylic acids is 1. The molecule has 1 aromatic heterocycles. The largest absolute Gasteiger partial charge is 0.450 e. The number of hydrogen-bond acceptors (Lipinski definition) is 6. The van der Waals surface area contributed by atoms with E-state index in [9.17, 15) is 4.79 Å². The van der Waals surface area contributed by atoms with E-state index in [0.29, 0.717) is 26.2 Å².